The van der Waals surface area contributed by atoms with E-state index in [0.717, 1.165) is 43.7 Å². The predicted octanol–water partition coefficient (Wildman–Crippen LogP) is 1.61. The maximum Gasteiger partial charge on any atom is 0.0462 e. The summed E-state index contributed by atoms with van der Waals surface area (Å²) in [4.78, 5) is 4.12. The lowest BCUT2D eigenvalue weighted by atomic mass is 10.0. The van der Waals surface area contributed by atoms with Gasteiger partial charge in [0, 0.05) is 37.8 Å². The monoisotopic (exact) mass is 237 g/mol. The first-order chi connectivity index (χ1) is 8.27. The lowest BCUT2D eigenvalue weighted by Gasteiger charge is -2.18. The number of ether oxygens (including phenoxy) is 1. The number of rotatable bonds is 8. The van der Waals surface area contributed by atoms with Crippen LogP contribution in [0.2, 0.25) is 0 Å². The van der Waals surface area contributed by atoms with Gasteiger partial charge in [0.15, 0.2) is 0 Å². The van der Waals surface area contributed by atoms with E-state index in [2.05, 4.69) is 17.2 Å². The Morgan fingerprint density at radius 1 is 1.53 bits per heavy atom. The predicted molar refractivity (Wildman–Crippen MR) is 70.9 cm³/mol. The molecule has 1 heterocycles. The van der Waals surface area contributed by atoms with Crippen LogP contribution in [0.5, 0.6) is 0 Å². The Hall–Kier alpha value is -1.13. The summed E-state index contributed by atoms with van der Waals surface area (Å²) in [5.74, 6) is 0. The summed E-state index contributed by atoms with van der Waals surface area (Å²) in [5.41, 5.74) is 7.88. The number of nitrogen functional groups attached to an aromatic ring is 1. The molecule has 0 saturated heterocycles. The SMILES string of the molecule is CCNC(CCCOC)Cc1cnccc1N. The molecule has 1 unspecified atom stereocenters. The highest BCUT2D eigenvalue weighted by molar-refractivity contribution is 5.44. The number of hydrogen-bond donors (Lipinski definition) is 2. The summed E-state index contributed by atoms with van der Waals surface area (Å²) in [6, 6.07) is 2.30. The number of pyridine rings is 1. The minimum atomic E-state index is 0.446. The maximum absolute atomic E-state index is 5.93. The molecule has 4 nitrogen and oxygen atoms in total. The fraction of sp³-hybridized carbons (Fsp3) is 0.615. The quantitative estimate of drug-likeness (QED) is 0.674. The third-order valence-corrected chi connectivity index (χ3v) is 2.80. The first kappa shape index (κ1) is 13.9. The van der Waals surface area contributed by atoms with Crippen molar-refractivity contribution in [3.05, 3.63) is 24.0 Å². The highest BCUT2D eigenvalue weighted by Gasteiger charge is 2.10. The highest BCUT2D eigenvalue weighted by Crippen LogP contribution is 2.13. The van der Waals surface area contributed by atoms with Gasteiger partial charge in [0.25, 0.3) is 0 Å². The van der Waals surface area contributed by atoms with Crippen LogP contribution in [0.1, 0.15) is 25.3 Å². The summed E-state index contributed by atoms with van der Waals surface area (Å²) >= 11 is 0. The lowest BCUT2D eigenvalue weighted by molar-refractivity contribution is 0.188. The number of likely N-dealkylation sites (N-methyl/N-ethyl adjacent to an activating group) is 1. The number of nitrogens with zero attached hydrogens (tertiary/aromatic N) is 1. The van der Waals surface area contributed by atoms with Crippen molar-refractivity contribution in [1.82, 2.24) is 10.3 Å². The van der Waals surface area contributed by atoms with E-state index in [1.165, 1.54) is 0 Å². The summed E-state index contributed by atoms with van der Waals surface area (Å²) in [5, 5.41) is 3.48. The van der Waals surface area contributed by atoms with Crippen molar-refractivity contribution in [2.45, 2.75) is 32.2 Å². The molecule has 0 bridgehead atoms. The van der Waals surface area contributed by atoms with Gasteiger partial charge in [-0.1, -0.05) is 6.92 Å². The van der Waals surface area contributed by atoms with Crippen LogP contribution in [-0.2, 0) is 11.2 Å². The Bertz CT molecular complexity index is 317. The Labute approximate surface area is 104 Å². The molecule has 0 fully saturated rings. The maximum atomic E-state index is 5.93. The highest BCUT2D eigenvalue weighted by atomic mass is 16.5. The van der Waals surface area contributed by atoms with Gasteiger partial charge in [-0.15, -0.1) is 0 Å². The molecule has 1 atom stereocenters. The van der Waals surface area contributed by atoms with Crippen molar-refractivity contribution in [1.29, 1.82) is 0 Å². The van der Waals surface area contributed by atoms with E-state index < -0.39 is 0 Å². The molecule has 0 amide bonds. The summed E-state index contributed by atoms with van der Waals surface area (Å²) in [6.07, 6.45) is 6.67. The molecular formula is C13H23N3O. The Morgan fingerprint density at radius 2 is 2.35 bits per heavy atom. The van der Waals surface area contributed by atoms with Crippen LogP contribution in [0, 0.1) is 0 Å². The van der Waals surface area contributed by atoms with E-state index in [1.807, 2.05) is 12.3 Å². The van der Waals surface area contributed by atoms with Crippen LogP contribution in [0.25, 0.3) is 0 Å². The molecular weight excluding hydrogens is 214 g/mol. The second-order valence-electron chi connectivity index (χ2n) is 4.17. The molecule has 96 valence electrons. The molecule has 1 aromatic rings. The van der Waals surface area contributed by atoms with Gasteiger partial charge in [-0.3, -0.25) is 4.98 Å². The first-order valence-electron chi connectivity index (χ1n) is 6.18. The number of hydrogen-bond acceptors (Lipinski definition) is 4. The van der Waals surface area contributed by atoms with E-state index in [4.69, 9.17) is 10.5 Å². The smallest absolute Gasteiger partial charge is 0.0462 e. The molecule has 4 heteroatoms. The zero-order valence-corrected chi connectivity index (χ0v) is 10.8. The van der Waals surface area contributed by atoms with Gasteiger partial charge in [0.2, 0.25) is 0 Å². The topological polar surface area (TPSA) is 60.2 Å². The zero-order valence-electron chi connectivity index (χ0n) is 10.8. The van der Waals surface area contributed by atoms with Crippen molar-refractivity contribution in [3.63, 3.8) is 0 Å². The molecule has 3 N–H and O–H groups in total. The molecule has 0 radical (unpaired) electrons. The minimum absolute atomic E-state index is 0.446. The van der Waals surface area contributed by atoms with Crippen molar-refractivity contribution in [2.75, 3.05) is 26.0 Å². The average Bonchev–Trinajstić information content (AvgIpc) is 2.32. The summed E-state index contributed by atoms with van der Waals surface area (Å²) < 4.78 is 5.08. The van der Waals surface area contributed by atoms with Gasteiger partial charge in [-0.25, -0.2) is 0 Å². The summed E-state index contributed by atoms with van der Waals surface area (Å²) in [6.45, 7) is 3.90. The molecule has 0 aliphatic heterocycles. The molecule has 1 aromatic heterocycles. The molecule has 0 saturated carbocycles. The number of aromatic nitrogens is 1. The first-order valence-corrected chi connectivity index (χ1v) is 6.18. The fourth-order valence-electron chi connectivity index (χ4n) is 1.91. The van der Waals surface area contributed by atoms with Crippen molar-refractivity contribution < 1.29 is 4.74 Å². The number of nitrogens with two attached hydrogens (primary N) is 1. The largest absolute Gasteiger partial charge is 0.398 e. The Morgan fingerprint density at radius 3 is 3.00 bits per heavy atom. The van der Waals surface area contributed by atoms with Gasteiger partial charge < -0.3 is 15.8 Å². The van der Waals surface area contributed by atoms with Crippen LogP contribution in [0.4, 0.5) is 5.69 Å². The third kappa shape index (κ3) is 5.15. The van der Waals surface area contributed by atoms with E-state index >= 15 is 0 Å². The Kier molecular flexibility index (Phi) is 6.58. The van der Waals surface area contributed by atoms with Crippen LogP contribution < -0.4 is 11.1 Å². The van der Waals surface area contributed by atoms with E-state index in [-0.39, 0.29) is 0 Å². The van der Waals surface area contributed by atoms with Crippen molar-refractivity contribution in [3.8, 4) is 0 Å². The molecule has 0 spiro atoms. The van der Waals surface area contributed by atoms with Crippen LogP contribution in [0.3, 0.4) is 0 Å². The average molecular weight is 237 g/mol. The fourth-order valence-corrected chi connectivity index (χ4v) is 1.91. The standard InChI is InChI=1S/C13H23N3O/c1-3-16-12(5-4-8-17-2)9-11-10-15-7-6-13(11)14/h6-7,10,12,16H,3-5,8-9H2,1-2H3,(H2,14,15). The van der Waals surface area contributed by atoms with Crippen LogP contribution in [-0.4, -0.2) is 31.3 Å². The van der Waals surface area contributed by atoms with Crippen LogP contribution in [0.15, 0.2) is 18.5 Å². The normalized spacial score (nSPS) is 12.6. The Balaban J connectivity index is 2.50. The third-order valence-electron chi connectivity index (χ3n) is 2.80. The summed E-state index contributed by atoms with van der Waals surface area (Å²) in [7, 11) is 1.74. The number of nitrogens with one attached hydrogen (secondary N) is 1. The molecule has 17 heavy (non-hydrogen) atoms. The zero-order chi connectivity index (χ0) is 12.5. The second-order valence-corrected chi connectivity index (χ2v) is 4.17. The van der Waals surface area contributed by atoms with Gasteiger partial charge in [-0.2, -0.15) is 0 Å². The lowest BCUT2D eigenvalue weighted by Crippen LogP contribution is -2.31. The van der Waals surface area contributed by atoms with Crippen molar-refractivity contribution in [2.24, 2.45) is 0 Å². The molecule has 0 aliphatic rings. The molecule has 0 aliphatic carbocycles. The van der Waals surface area contributed by atoms with Gasteiger partial charge in [-0.05, 0) is 37.4 Å². The minimum Gasteiger partial charge on any atom is -0.398 e. The van der Waals surface area contributed by atoms with Crippen LogP contribution >= 0.6 is 0 Å². The van der Waals surface area contributed by atoms with E-state index in [0.29, 0.717) is 6.04 Å². The van der Waals surface area contributed by atoms with Gasteiger partial charge >= 0.3 is 0 Å². The second kappa shape index (κ2) is 8.03. The van der Waals surface area contributed by atoms with E-state index in [9.17, 15) is 0 Å². The molecule has 0 aromatic carbocycles. The number of anilines is 1. The number of methoxy groups -OCH3 is 1. The van der Waals surface area contributed by atoms with Gasteiger partial charge in [0.05, 0.1) is 0 Å². The van der Waals surface area contributed by atoms with Crippen molar-refractivity contribution >= 4 is 5.69 Å². The van der Waals surface area contributed by atoms with Gasteiger partial charge in [0.1, 0.15) is 0 Å². The molecule has 1 rings (SSSR count). The van der Waals surface area contributed by atoms with E-state index in [1.54, 1.807) is 13.3 Å².